The molecular formula is C5H12F3LiN4O5S3. The van der Waals surface area contributed by atoms with E-state index in [4.69, 9.17) is 0 Å². The molecule has 0 rings (SSSR count). The molecule has 0 radical (unpaired) electrons. The summed E-state index contributed by atoms with van der Waals surface area (Å²) < 4.78 is 98.6. The summed E-state index contributed by atoms with van der Waals surface area (Å²) >= 11 is 0. The maximum atomic E-state index is 12.2. The van der Waals surface area contributed by atoms with Gasteiger partial charge in [-0.1, -0.05) is 0 Å². The fourth-order valence-electron chi connectivity index (χ4n) is 0.506. The van der Waals surface area contributed by atoms with E-state index < -0.39 is 35.8 Å². The fraction of sp³-hybridized carbons (Fsp3) is 1.00. The summed E-state index contributed by atoms with van der Waals surface area (Å²) in [5.74, 6) is 0. The van der Waals surface area contributed by atoms with Gasteiger partial charge in [0.1, 0.15) is 0 Å². The Hall–Kier alpha value is 0.117. The Kier molecular flexibility index (Phi) is 7.94. The van der Waals surface area contributed by atoms with Crippen LogP contribution in [0.1, 0.15) is 0 Å². The first-order valence-electron chi connectivity index (χ1n) is 4.49. The topological polar surface area (TPSA) is 118 Å². The monoisotopic (exact) mass is 368 g/mol. The van der Waals surface area contributed by atoms with Crippen molar-refractivity contribution in [3.8, 4) is 0 Å². The molecule has 1 atom stereocenters. The van der Waals surface area contributed by atoms with Crippen LogP contribution in [0, 0.1) is 0 Å². The standard InChI is InChI=1S/C5H12F3N4O5S3.Li/c1-11(2)19(15,10-20(16,17)12(3)4)9-18(13,14)5(6,7)8;/h1-4H3;/q-1;+1. The summed E-state index contributed by atoms with van der Waals surface area (Å²) in [5.41, 5.74) is -5.82. The van der Waals surface area contributed by atoms with E-state index in [1.807, 2.05) is 0 Å². The van der Waals surface area contributed by atoms with E-state index in [0.29, 0.717) is 8.61 Å². The minimum atomic E-state index is -6.17. The van der Waals surface area contributed by atoms with Crippen molar-refractivity contribution < 1.29 is 53.1 Å². The van der Waals surface area contributed by atoms with Gasteiger partial charge in [0.05, 0.1) is 10.1 Å². The largest absolute Gasteiger partial charge is 1.00 e. The van der Waals surface area contributed by atoms with Crippen molar-refractivity contribution in [2.45, 2.75) is 5.51 Å². The zero-order valence-corrected chi connectivity index (χ0v) is 14.1. The number of hydrogen-bond donors (Lipinski definition) is 0. The van der Waals surface area contributed by atoms with Gasteiger partial charge in [0.15, 0.2) is 10.0 Å². The van der Waals surface area contributed by atoms with Crippen LogP contribution in [0.25, 0.3) is 4.13 Å². The first-order valence-corrected chi connectivity index (χ1v) is 8.75. The van der Waals surface area contributed by atoms with Crippen LogP contribution < -0.4 is 18.9 Å². The minimum absolute atomic E-state index is 0. The molecule has 0 saturated heterocycles. The summed E-state index contributed by atoms with van der Waals surface area (Å²) in [6.45, 7) is 0. The third-order valence-corrected chi connectivity index (χ3v) is 7.17. The zero-order valence-electron chi connectivity index (χ0n) is 11.7. The van der Waals surface area contributed by atoms with Gasteiger partial charge in [-0.2, -0.15) is 25.9 Å². The van der Waals surface area contributed by atoms with Crippen molar-refractivity contribution in [2.24, 2.45) is 3.77 Å². The molecule has 0 aromatic heterocycles. The summed E-state index contributed by atoms with van der Waals surface area (Å²) in [6, 6.07) is 0. The molecule has 0 aromatic carbocycles. The van der Waals surface area contributed by atoms with Crippen molar-refractivity contribution in [3.05, 3.63) is 4.13 Å². The van der Waals surface area contributed by atoms with Gasteiger partial charge in [-0.25, -0.2) is 12.7 Å². The van der Waals surface area contributed by atoms with Crippen molar-refractivity contribution in [3.63, 3.8) is 0 Å². The molecule has 0 N–H and O–H groups in total. The van der Waals surface area contributed by atoms with Gasteiger partial charge in [0.25, 0.3) is 0 Å². The van der Waals surface area contributed by atoms with E-state index in [-0.39, 0.29) is 18.9 Å². The third-order valence-electron chi connectivity index (χ3n) is 1.62. The zero-order chi connectivity index (χ0) is 16.6. The van der Waals surface area contributed by atoms with Crippen LogP contribution in [0.3, 0.4) is 0 Å². The van der Waals surface area contributed by atoms with E-state index in [2.05, 4.69) is 7.90 Å². The first kappa shape index (κ1) is 23.4. The number of alkyl halides is 3. The van der Waals surface area contributed by atoms with Gasteiger partial charge in [-0.05, 0) is 14.1 Å². The Morgan fingerprint density at radius 1 is 0.905 bits per heavy atom. The fourth-order valence-corrected chi connectivity index (χ4v) is 4.80. The Labute approximate surface area is 133 Å². The number of hydrogen-bond acceptors (Lipinski definition) is 5. The average molecular weight is 368 g/mol. The van der Waals surface area contributed by atoms with Crippen molar-refractivity contribution in [1.29, 1.82) is 0 Å². The van der Waals surface area contributed by atoms with Crippen molar-refractivity contribution in [1.82, 2.24) is 8.61 Å². The minimum Gasteiger partial charge on any atom is -0.432 e. The van der Waals surface area contributed by atoms with Crippen LogP contribution in [0.5, 0.6) is 0 Å². The Morgan fingerprint density at radius 3 is 1.52 bits per heavy atom. The van der Waals surface area contributed by atoms with Crippen LogP contribution in [-0.4, -0.2) is 63.4 Å². The Bertz CT molecular complexity index is 677. The third kappa shape index (κ3) is 6.02. The molecule has 21 heavy (non-hydrogen) atoms. The number of sulfonamides is 1. The molecule has 0 aliphatic heterocycles. The summed E-state index contributed by atoms with van der Waals surface area (Å²) in [7, 11) is -11.8. The quantitative estimate of drug-likeness (QED) is 0.476. The van der Waals surface area contributed by atoms with Gasteiger partial charge < -0.3 is 4.13 Å². The number of rotatable bonds is 5. The molecule has 16 heteroatoms. The summed E-state index contributed by atoms with van der Waals surface area (Å²) in [4.78, 5) is 0. The Balaban J connectivity index is 0. The van der Waals surface area contributed by atoms with E-state index in [9.17, 15) is 34.2 Å². The molecule has 0 aliphatic carbocycles. The first-order chi connectivity index (χ1) is 8.55. The second-order valence-corrected chi connectivity index (χ2v) is 9.51. The molecule has 0 amide bonds. The van der Waals surface area contributed by atoms with Gasteiger partial charge in [0.2, 0.25) is 0 Å². The molecule has 0 spiro atoms. The molecule has 0 aliphatic rings. The predicted molar refractivity (Wildman–Crippen MR) is 65.2 cm³/mol. The van der Waals surface area contributed by atoms with Crippen LogP contribution in [0.4, 0.5) is 13.2 Å². The summed E-state index contributed by atoms with van der Waals surface area (Å²) in [6.07, 6.45) is 0. The van der Waals surface area contributed by atoms with Gasteiger partial charge in [-0.15, -0.1) is 3.77 Å². The van der Waals surface area contributed by atoms with E-state index in [1.54, 1.807) is 0 Å². The molecule has 1 unspecified atom stereocenters. The predicted octanol–water partition coefficient (Wildman–Crippen LogP) is -3.12. The van der Waals surface area contributed by atoms with Crippen LogP contribution >= 0.6 is 0 Å². The smallest absolute Gasteiger partial charge is 0.432 e. The number of halogens is 3. The molecule has 0 bridgehead atoms. The summed E-state index contributed by atoms with van der Waals surface area (Å²) in [5, 5.41) is 0. The maximum absolute atomic E-state index is 12.2. The number of nitrogens with zero attached hydrogens (tertiary/aromatic N) is 4. The maximum Gasteiger partial charge on any atom is 1.00 e. The second-order valence-electron chi connectivity index (χ2n) is 3.61. The van der Waals surface area contributed by atoms with E-state index in [0.717, 1.165) is 28.2 Å². The van der Waals surface area contributed by atoms with E-state index in [1.165, 1.54) is 0 Å². The average Bonchev–Trinajstić information content (AvgIpc) is 2.12. The molecular weight excluding hydrogens is 356 g/mol. The molecule has 0 fully saturated rings. The SMILES string of the molecule is CN(C)S(=O)(=O)N=S(=O)([N-]S(=O)(=O)C(F)(F)F)N(C)C.[Li+]. The normalized spacial score (nSPS) is 16.4. The molecule has 0 heterocycles. The van der Waals surface area contributed by atoms with Gasteiger partial charge in [-0.3, -0.25) is 4.21 Å². The molecule has 122 valence electrons. The van der Waals surface area contributed by atoms with Gasteiger partial charge >= 0.3 is 34.6 Å². The van der Waals surface area contributed by atoms with E-state index >= 15 is 0 Å². The van der Waals surface area contributed by atoms with Crippen molar-refractivity contribution in [2.75, 3.05) is 28.2 Å². The van der Waals surface area contributed by atoms with Gasteiger partial charge in [0, 0.05) is 14.1 Å². The second kappa shape index (κ2) is 7.13. The van der Waals surface area contributed by atoms with Crippen LogP contribution in [0.15, 0.2) is 3.77 Å². The molecule has 9 nitrogen and oxygen atoms in total. The Morgan fingerprint density at radius 2 is 1.29 bits per heavy atom. The molecule has 0 aromatic rings. The van der Waals surface area contributed by atoms with Crippen LogP contribution in [-0.2, 0) is 30.3 Å². The van der Waals surface area contributed by atoms with Crippen molar-refractivity contribution >= 4 is 30.3 Å². The molecule has 0 saturated carbocycles. The van der Waals surface area contributed by atoms with Crippen LogP contribution in [0.2, 0.25) is 0 Å².